The van der Waals surface area contributed by atoms with Gasteiger partial charge in [0.2, 0.25) is 0 Å². The summed E-state index contributed by atoms with van der Waals surface area (Å²) < 4.78 is 5.46. The van der Waals surface area contributed by atoms with Crippen LogP contribution in [0.4, 0.5) is 0 Å². The van der Waals surface area contributed by atoms with E-state index in [9.17, 15) is 0 Å². The van der Waals surface area contributed by atoms with Crippen LogP contribution in [0.25, 0.3) is 0 Å². The standard InChI is InChI=1S/C10H14OS.C4H10.C2H6/c1-2-6-11-10-5-3-4-9(7-10)8-12;1-4(2)3;1-2/h3-5,7,12H,2,6,8H2,1H3;4H,1-3H3;1-2H3. The molecule has 0 aromatic heterocycles. The van der Waals surface area contributed by atoms with Gasteiger partial charge in [0.25, 0.3) is 0 Å². The molecular formula is C16H30OS. The van der Waals surface area contributed by atoms with Gasteiger partial charge in [-0.25, -0.2) is 0 Å². The third-order valence-corrected chi connectivity index (χ3v) is 1.92. The molecule has 0 spiro atoms. The van der Waals surface area contributed by atoms with Crippen molar-refractivity contribution in [3.05, 3.63) is 29.8 Å². The molecule has 0 heterocycles. The molecule has 0 bridgehead atoms. The lowest BCUT2D eigenvalue weighted by molar-refractivity contribution is 0.317. The zero-order valence-corrected chi connectivity index (χ0v) is 13.8. The summed E-state index contributed by atoms with van der Waals surface area (Å²) in [5.74, 6) is 2.55. The van der Waals surface area contributed by atoms with Gasteiger partial charge in [-0.3, -0.25) is 0 Å². The van der Waals surface area contributed by atoms with Crippen LogP contribution in [0.3, 0.4) is 0 Å². The van der Waals surface area contributed by atoms with Crippen molar-refractivity contribution in [2.24, 2.45) is 5.92 Å². The molecular weight excluding hydrogens is 240 g/mol. The van der Waals surface area contributed by atoms with Crippen molar-refractivity contribution < 1.29 is 4.74 Å². The summed E-state index contributed by atoms with van der Waals surface area (Å²) in [6.45, 7) is 13.4. The third kappa shape index (κ3) is 13.4. The van der Waals surface area contributed by atoms with Crippen molar-refractivity contribution >= 4 is 12.6 Å². The zero-order chi connectivity index (χ0) is 14.4. The molecule has 0 atom stereocenters. The Morgan fingerprint density at radius 1 is 1.17 bits per heavy atom. The van der Waals surface area contributed by atoms with Crippen LogP contribution in [0.1, 0.15) is 53.5 Å². The Balaban J connectivity index is 0. The van der Waals surface area contributed by atoms with Crippen molar-refractivity contribution in [1.82, 2.24) is 0 Å². The van der Waals surface area contributed by atoms with Crippen molar-refractivity contribution in [3.63, 3.8) is 0 Å². The Hall–Kier alpha value is -0.630. The molecule has 18 heavy (non-hydrogen) atoms. The predicted octanol–water partition coefficient (Wildman–Crippen LogP) is 5.59. The first-order valence-electron chi connectivity index (χ1n) is 6.92. The highest BCUT2D eigenvalue weighted by molar-refractivity contribution is 7.79. The van der Waals surface area contributed by atoms with Crippen LogP contribution in [0, 0.1) is 5.92 Å². The molecule has 0 aliphatic heterocycles. The van der Waals surface area contributed by atoms with Gasteiger partial charge in [0.05, 0.1) is 6.61 Å². The first kappa shape index (κ1) is 19.7. The molecule has 1 aromatic carbocycles. The van der Waals surface area contributed by atoms with Gasteiger partial charge >= 0.3 is 0 Å². The van der Waals surface area contributed by atoms with Crippen molar-refractivity contribution in [1.29, 1.82) is 0 Å². The van der Waals surface area contributed by atoms with E-state index in [-0.39, 0.29) is 0 Å². The maximum atomic E-state index is 5.46. The Labute approximate surface area is 119 Å². The van der Waals surface area contributed by atoms with Crippen molar-refractivity contribution in [3.8, 4) is 5.75 Å². The highest BCUT2D eigenvalue weighted by Gasteiger charge is 1.93. The number of hydrogen-bond acceptors (Lipinski definition) is 2. The topological polar surface area (TPSA) is 9.23 Å². The summed E-state index contributed by atoms with van der Waals surface area (Å²) >= 11 is 4.19. The average Bonchev–Trinajstić information content (AvgIpc) is 2.38. The summed E-state index contributed by atoms with van der Waals surface area (Å²) in [6.07, 6.45) is 1.05. The second-order valence-corrected chi connectivity index (χ2v) is 4.70. The van der Waals surface area contributed by atoms with E-state index in [4.69, 9.17) is 4.74 Å². The van der Waals surface area contributed by atoms with Gasteiger partial charge < -0.3 is 4.74 Å². The third-order valence-electron chi connectivity index (χ3n) is 1.55. The largest absolute Gasteiger partial charge is 0.494 e. The molecule has 0 N–H and O–H groups in total. The van der Waals surface area contributed by atoms with Crippen LogP contribution in [0.15, 0.2) is 24.3 Å². The molecule has 0 fully saturated rings. The smallest absolute Gasteiger partial charge is 0.119 e. The zero-order valence-electron chi connectivity index (χ0n) is 12.9. The van der Waals surface area contributed by atoms with E-state index in [1.165, 1.54) is 5.56 Å². The minimum Gasteiger partial charge on any atom is -0.494 e. The molecule has 0 saturated carbocycles. The lowest BCUT2D eigenvalue weighted by atomic mass is 10.2. The van der Waals surface area contributed by atoms with Crippen LogP contribution in [0.2, 0.25) is 0 Å². The Morgan fingerprint density at radius 2 is 1.72 bits per heavy atom. The average molecular weight is 270 g/mol. The van der Waals surface area contributed by atoms with Gasteiger partial charge in [0, 0.05) is 5.75 Å². The molecule has 106 valence electrons. The lowest BCUT2D eigenvalue weighted by Gasteiger charge is -2.04. The van der Waals surface area contributed by atoms with Gasteiger partial charge in [0.15, 0.2) is 0 Å². The fraction of sp³-hybridized carbons (Fsp3) is 0.625. The van der Waals surface area contributed by atoms with E-state index in [1.807, 2.05) is 38.1 Å². The van der Waals surface area contributed by atoms with Gasteiger partial charge in [-0.15, -0.1) is 0 Å². The van der Waals surface area contributed by atoms with Gasteiger partial charge in [-0.05, 0) is 30.0 Å². The molecule has 0 aliphatic rings. The van der Waals surface area contributed by atoms with Crippen molar-refractivity contribution in [2.45, 2.75) is 53.7 Å². The molecule has 0 saturated heterocycles. The predicted molar refractivity (Wildman–Crippen MR) is 86.8 cm³/mol. The molecule has 0 radical (unpaired) electrons. The lowest BCUT2D eigenvalue weighted by Crippen LogP contribution is -1.94. The molecule has 2 heteroatoms. The van der Waals surface area contributed by atoms with E-state index in [0.29, 0.717) is 0 Å². The number of ether oxygens (including phenoxy) is 1. The van der Waals surface area contributed by atoms with Crippen LogP contribution in [-0.2, 0) is 5.75 Å². The number of hydrogen-bond donors (Lipinski definition) is 1. The van der Waals surface area contributed by atoms with Gasteiger partial charge in [-0.1, -0.05) is 53.7 Å². The van der Waals surface area contributed by atoms with E-state index < -0.39 is 0 Å². The van der Waals surface area contributed by atoms with Crippen molar-refractivity contribution in [2.75, 3.05) is 6.61 Å². The molecule has 0 unspecified atom stereocenters. The molecule has 1 rings (SSSR count). The first-order valence-corrected chi connectivity index (χ1v) is 7.56. The summed E-state index contributed by atoms with van der Waals surface area (Å²) in [5.41, 5.74) is 1.20. The normalized spacial score (nSPS) is 8.89. The number of benzene rings is 1. The van der Waals surface area contributed by atoms with Gasteiger partial charge in [0.1, 0.15) is 5.75 Å². The minimum absolute atomic E-state index is 0.767. The van der Waals surface area contributed by atoms with E-state index >= 15 is 0 Å². The summed E-state index contributed by atoms with van der Waals surface area (Å²) in [4.78, 5) is 0. The summed E-state index contributed by atoms with van der Waals surface area (Å²) in [6, 6.07) is 8.05. The quantitative estimate of drug-likeness (QED) is 0.701. The second-order valence-electron chi connectivity index (χ2n) is 4.39. The highest BCUT2D eigenvalue weighted by atomic mass is 32.1. The van der Waals surface area contributed by atoms with Crippen LogP contribution >= 0.6 is 12.6 Å². The van der Waals surface area contributed by atoms with Gasteiger partial charge in [-0.2, -0.15) is 12.6 Å². The number of rotatable bonds is 4. The van der Waals surface area contributed by atoms with E-state index in [1.54, 1.807) is 0 Å². The molecule has 0 amide bonds. The maximum absolute atomic E-state index is 5.46. The second kappa shape index (κ2) is 14.4. The SMILES string of the molecule is CC.CC(C)C.CCCOc1cccc(CS)c1. The molecule has 1 aromatic rings. The highest BCUT2D eigenvalue weighted by Crippen LogP contribution is 2.14. The first-order chi connectivity index (χ1) is 8.60. The monoisotopic (exact) mass is 270 g/mol. The fourth-order valence-electron chi connectivity index (χ4n) is 0.954. The Kier molecular flexibility index (Phi) is 15.8. The molecule has 0 aliphatic carbocycles. The summed E-state index contributed by atoms with van der Waals surface area (Å²) in [7, 11) is 0. The van der Waals surface area contributed by atoms with Crippen LogP contribution in [0.5, 0.6) is 5.75 Å². The van der Waals surface area contributed by atoms with Crippen LogP contribution in [-0.4, -0.2) is 6.61 Å². The summed E-state index contributed by atoms with van der Waals surface area (Å²) in [5, 5.41) is 0. The minimum atomic E-state index is 0.767. The Morgan fingerprint density at radius 3 is 2.17 bits per heavy atom. The maximum Gasteiger partial charge on any atom is 0.119 e. The van der Waals surface area contributed by atoms with E-state index in [0.717, 1.165) is 30.4 Å². The Bertz CT molecular complexity index is 269. The number of thiol groups is 1. The molecule has 1 nitrogen and oxygen atoms in total. The van der Waals surface area contributed by atoms with E-state index in [2.05, 4.69) is 40.3 Å². The fourth-order valence-corrected chi connectivity index (χ4v) is 1.15. The van der Waals surface area contributed by atoms with Crippen LogP contribution < -0.4 is 4.74 Å².